The molecule has 21 heteroatoms. The summed E-state index contributed by atoms with van der Waals surface area (Å²) in [6.07, 6.45) is -1.44. The van der Waals surface area contributed by atoms with Crippen LogP contribution in [0.5, 0.6) is 5.75 Å². The molecule has 4 aromatic rings. The minimum atomic E-state index is -5.20. The molecule has 0 aliphatic heterocycles. The third kappa shape index (κ3) is 6.28. The van der Waals surface area contributed by atoms with Gasteiger partial charge in [-0.1, -0.05) is 11.6 Å². The standard InChI is InChI=1S/C21H14ClF2N5O10S3/c1-8-4-11(40(31,32)33)7-14(42(37,38)39)16(8)28-29-17-13(41(34,35)36)6-9-5-10(2-3-12(9)18(17)30)25-20-15(22)19(23)26-21(24)27-20/h2-7,30H,1H3,(H,25,26,27)(H,31,32,33)(H,34,35,36)(H,37,38,39). The van der Waals surface area contributed by atoms with Gasteiger partial charge in [0.15, 0.2) is 11.6 Å². The SMILES string of the molecule is Cc1cc(S(=O)(=O)O)cc(S(=O)(=O)O)c1N=Nc1c(S(=O)(=O)O)cc2cc(Nc3nc(F)nc(F)c3Cl)ccc2c1O. The van der Waals surface area contributed by atoms with E-state index in [0.717, 1.165) is 19.1 Å². The third-order valence-electron chi connectivity index (χ3n) is 5.44. The number of azo groups is 1. The number of fused-ring (bicyclic) bond motifs is 1. The highest BCUT2D eigenvalue weighted by Gasteiger charge is 2.25. The van der Waals surface area contributed by atoms with E-state index in [4.69, 9.17) is 11.6 Å². The normalized spacial score (nSPS) is 12.7. The first-order valence-corrected chi connectivity index (χ1v) is 15.4. The molecule has 1 aromatic heterocycles. The maximum absolute atomic E-state index is 13.7. The summed E-state index contributed by atoms with van der Waals surface area (Å²) in [5, 5.41) is 19.6. The number of phenolic OH excluding ortho intramolecular Hbond substituents is 1. The van der Waals surface area contributed by atoms with Crippen LogP contribution in [0.3, 0.4) is 0 Å². The summed E-state index contributed by atoms with van der Waals surface area (Å²) in [4.78, 5) is 3.04. The Balaban J connectivity index is 1.90. The van der Waals surface area contributed by atoms with Crippen LogP contribution in [0.4, 0.5) is 31.7 Å². The highest BCUT2D eigenvalue weighted by Crippen LogP contribution is 2.43. The molecule has 0 bridgehead atoms. The first-order chi connectivity index (χ1) is 19.3. The van der Waals surface area contributed by atoms with E-state index in [1.807, 2.05) is 0 Å². The van der Waals surface area contributed by atoms with Gasteiger partial charge in [0.1, 0.15) is 26.2 Å². The van der Waals surface area contributed by atoms with Gasteiger partial charge in [0.05, 0.1) is 4.90 Å². The zero-order chi connectivity index (χ0) is 31.4. The first kappa shape index (κ1) is 31.0. The second kappa shape index (κ2) is 10.7. The van der Waals surface area contributed by atoms with Crippen LogP contribution in [-0.2, 0) is 30.4 Å². The number of benzene rings is 3. The van der Waals surface area contributed by atoms with Crippen molar-refractivity contribution in [2.24, 2.45) is 10.2 Å². The second-order valence-corrected chi connectivity index (χ2v) is 12.9. The molecule has 3 aromatic carbocycles. The number of aromatic hydroxyl groups is 1. The Kier molecular flexibility index (Phi) is 7.92. The van der Waals surface area contributed by atoms with E-state index >= 15 is 0 Å². The molecule has 0 spiro atoms. The summed E-state index contributed by atoms with van der Waals surface area (Å²) < 4.78 is 127. The van der Waals surface area contributed by atoms with Gasteiger partial charge in [-0.2, -0.15) is 44.0 Å². The van der Waals surface area contributed by atoms with Crippen molar-refractivity contribution in [3.05, 3.63) is 59.0 Å². The van der Waals surface area contributed by atoms with Gasteiger partial charge in [0.2, 0.25) is 5.95 Å². The number of nitrogens with one attached hydrogen (secondary N) is 1. The Morgan fingerprint density at radius 3 is 2.02 bits per heavy atom. The fourth-order valence-corrected chi connectivity index (χ4v) is 5.80. The van der Waals surface area contributed by atoms with Gasteiger partial charge in [0, 0.05) is 11.1 Å². The number of hydrogen-bond acceptors (Lipinski definition) is 12. The highest BCUT2D eigenvalue weighted by molar-refractivity contribution is 7.87. The summed E-state index contributed by atoms with van der Waals surface area (Å²) in [5.74, 6) is -2.75. The zero-order valence-corrected chi connectivity index (χ0v) is 23.6. The monoisotopic (exact) mass is 665 g/mol. The van der Waals surface area contributed by atoms with Crippen LogP contribution in [0.1, 0.15) is 5.56 Å². The lowest BCUT2D eigenvalue weighted by atomic mass is 10.1. The lowest BCUT2D eigenvalue weighted by Crippen LogP contribution is -2.05. The van der Waals surface area contributed by atoms with E-state index in [9.17, 15) is 52.8 Å². The second-order valence-electron chi connectivity index (χ2n) is 8.29. The lowest BCUT2D eigenvalue weighted by Gasteiger charge is -2.12. The quantitative estimate of drug-likeness (QED) is 0.0792. The molecule has 0 saturated carbocycles. The number of anilines is 2. The number of aromatic nitrogens is 2. The Labute approximate surface area is 239 Å². The molecule has 0 unspecified atom stereocenters. The number of hydrogen-bond donors (Lipinski definition) is 5. The van der Waals surface area contributed by atoms with E-state index in [0.29, 0.717) is 6.07 Å². The molecule has 5 N–H and O–H groups in total. The summed E-state index contributed by atoms with van der Waals surface area (Å²) >= 11 is 5.73. The van der Waals surface area contributed by atoms with Gasteiger partial charge in [-0.3, -0.25) is 13.7 Å². The first-order valence-electron chi connectivity index (χ1n) is 10.7. The molecular weight excluding hydrogens is 652 g/mol. The molecule has 42 heavy (non-hydrogen) atoms. The topological polar surface area (TPSA) is 246 Å². The highest BCUT2D eigenvalue weighted by atomic mass is 35.5. The summed E-state index contributed by atoms with van der Waals surface area (Å²) in [6, 6.07) is 5.58. The molecule has 0 radical (unpaired) electrons. The predicted molar refractivity (Wildman–Crippen MR) is 141 cm³/mol. The molecule has 0 saturated heterocycles. The van der Waals surface area contributed by atoms with E-state index in [1.165, 1.54) is 18.2 Å². The summed E-state index contributed by atoms with van der Waals surface area (Å²) in [6.45, 7) is 1.12. The van der Waals surface area contributed by atoms with Crippen LogP contribution < -0.4 is 5.32 Å². The number of phenols is 1. The zero-order valence-electron chi connectivity index (χ0n) is 20.3. The Bertz CT molecular complexity index is 2160. The van der Waals surface area contributed by atoms with Crippen LogP contribution >= 0.6 is 11.6 Å². The van der Waals surface area contributed by atoms with Crippen LogP contribution in [0.25, 0.3) is 10.8 Å². The Morgan fingerprint density at radius 1 is 0.833 bits per heavy atom. The van der Waals surface area contributed by atoms with Crippen LogP contribution in [0.2, 0.25) is 5.02 Å². The lowest BCUT2D eigenvalue weighted by molar-refractivity contribution is 0.471. The minimum Gasteiger partial charge on any atom is -0.505 e. The number of halogens is 3. The molecule has 1 heterocycles. The van der Waals surface area contributed by atoms with Crippen LogP contribution in [-0.4, -0.2) is 54.0 Å². The van der Waals surface area contributed by atoms with Crippen molar-refractivity contribution in [3.8, 4) is 5.75 Å². The van der Waals surface area contributed by atoms with Crippen LogP contribution in [0, 0.1) is 18.9 Å². The summed E-state index contributed by atoms with van der Waals surface area (Å²) in [7, 11) is -15.3. The van der Waals surface area contributed by atoms with Gasteiger partial charge in [-0.25, -0.2) is 0 Å². The molecule has 0 atom stereocenters. The average Bonchev–Trinajstić information content (AvgIpc) is 2.84. The largest absolute Gasteiger partial charge is 0.505 e. The fourth-order valence-electron chi connectivity index (χ4n) is 3.63. The van der Waals surface area contributed by atoms with Gasteiger partial charge in [0.25, 0.3) is 30.4 Å². The number of aryl methyl sites for hydroxylation is 1. The van der Waals surface area contributed by atoms with Gasteiger partial charge >= 0.3 is 6.08 Å². The molecular formula is C21H14ClF2N5O10S3. The predicted octanol–water partition coefficient (Wildman–Crippen LogP) is 4.47. The maximum atomic E-state index is 13.7. The minimum absolute atomic E-state index is 0.0318. The molecule has 0 aliphatic rings. The fraction of sp³-hybridized carbons (Fsp3) is 0.0476. The third-order valence-corrected chi connectivity index (χ3v) is 8.34. The average molecular weight is 666 g/mol. The number of rotatable bonds is 7. The molecule has 15 nitrogen and oxygen atoms in total. The van der Waals surface area contributed by atoms with Crippen LogP contribution in [0.15, 0.2) is 61.3 Å². The van der Waals surface area contributed by atoms with Crippen molar-refractivity contribution in [3.63, 3.8) is 0 Å². The van der Waals surface area contributed by atoms with E-state index in [1.54, 1.807) is 0 Å². The summed E-state index contributed by atoms with van der Waals surface area (Å²) in [5.41, 5.74) is -1.84. The van der Waals surface area contributed by atoms with Crippen molar-refractivity contribution in [1.29, 1.82) is 0 Å². The Morgan fingerprint density at radius 2 is 1.43 bits per heavy atom. The van der Waals surface area contributed by atoms with E-state index in [-0.39, 0.29) is 22.0 Å². The van der Waals surface area contributed by atoms with Crippen molar-refractivity contribution in [1.82, 2.24) is 9.97 Å². The van der Waals surface area contributed by atoms with Gasteiger partial charge in [-0.15, -0.1) is 10.2 Å². The van der Waals surface area contributed by atoms with E-state index in [2.05, 4.69) is 25.5 Å². The maximum Gasteiger partial charge on any atom is 0.313 e. The van der Waals surface area contributed by atoms with E-state index < -0.39 is 85.0 Å². The molecule has 4 rings (SSSR count). The van der Waals surface area contributed by atoms with Crippen molar-refractivity contribution >= 4 is 75.6 Å². The van der Waals surface area contributed by atoms with Crippen molar-refractivity contribution in [2.75, 3.05) is 5.32 Å². The number of nitrogens with zero attached hydrogens (tertiary/aromatic N) is 4. The Hall–Kier alpha value is -3.92. The van der Waals surface area contributed by atoms with Gasteiger partial charge in [-0.05, 0) is 54.3 Å². The smallest absolute Gasteiger partial charge is 0.313 e. The molecule has 0 fully saturated rings. The molecule has 0 amide bonds. The van der Waals surface area contributed by atoms with Crippen molar-refractivity contribution in [2.45, 2.75) is 21.6 Å². The van der Waals surface area contributed by atoms with Gasteiger partial charge < -0.3 is 10.4 Å². The molecule has 222 valence electrons. The molecule has 0 aliphatic carbocycles. The van der Waals surface area contributed by atoms with Crippen molar-refractivity contribution < 1.29 is 52.8 Å².